The van der Waals surface area contributed by atoms with E-state index in [1.165, 1.54) is 6.07 Å². The van der Waals surface area contributed by atoms with Gasteiger partial charge in [-0.05, 0) is 26.0 Å². The minimum atomic E-state index is -0.195. The molecule has 1 saturated heterocycles. The maximum Gasteiger partial charge on any atom is 0.146 e. The highest BCUT2D eigenvalue weighted by Crippen LogP contribution is 2.16. The zero-order valence-electron chi connectivity index (χ0n) is 11.1. The van der Waals surface area contributed by atoms with Gasteiger partial charge in [0, 0.05) is 26.2 Å². The molecule has 4 heteroatoms. The van der Waals surface area contributed by atoms with E-state index in [2.05, 4.69) is 24.1 Å². The van der Waals surface area contributed by atoms with Crippen LogP contribution in [0, 0.1) is 5.82 Å². The van der Waals surface area contributed by atoms with Gasteiger partial charge in [-0.15, -0.1) is 0 Å². The van der Waals surface area contributed by atoms with Crippen LogP contribution in [0.4, 0.5) is 10.1 Å². The van der Waals surface area contributed by atoms with E-state index in [4.69, 9.17) is 4.74 Å². The largest absolute Gasteiger partial charge is 0.381 e. The van der Waals surface area contributed by atoms with Gasteiger partial charge in [-0.1, -0.05) is 12.1 Å². The Balaban J connectivity index is 1.77. The highest BCUT2D eigenvalue weighted by Gasteiger charge is 2.26. The number of ether oxygens (including phenoxy) is 1. The summed E-state index contributed by atoms with van der Waals surface area (Å²) in [7, 11) is 0. The quantitative estimate of drug-likeness (QED) is 0.890. The molecule has 0 unspecified atom stereocenters. The molecule has 0 atom stereocenters. The van der Waals surface area contributed by atoms with Crippen LogP contribution in [0.1, 0.15) is 13.8 Å². The number of hydrogen-bond acceptors (Lipinski definition) is 3. The van der Waals surface area contributed by atoms with Crippen LogP contribution in [-0.4, -0.2) is 43.3 Å². The first-order valence-electron chi connectivity index (χ1n) is 6.41. The lowest BCUT2D eigenvalue weighted by atomic mass is 10.1. The second kappa shape index (κ2) is 5.67. The third kappa shape index (κ3) is 3.68. The van der Waals surface area contributed by atoms with Crippen LogP contribution in [0.2, 0.25) is 0 Å². The Morgan fingerprint density at radius 3 is 2.89 bits per heavy atom. The van der Waals surface area contributed by atoms with Gasteiger partial charge in [-0.25, -0.2) is 4.39 Å². The van der Waals surface area contributed by atoms with Crippen LogP contribution in [0.25, 0.3) is 0 Å². The maximum atomic E-state index is 13.4. The summed E-state index contributed by atoms with van der Waals surface area (Å²) >= 11 is 0. The monoisotopic (exact) mass is 252 g/mol. The van der Waals surface area contributed by atoms with Crippen molar-refractivity contribution in [3.63, 3.8) is 0 Å². The van der Waals surface area contributed by atoms with Gasteiger partial charge in [0.15, 0.2) is 0 Å². The van der Waals surface area contributed by atoms with Crippen molar-refractivity contribution in [2.24, 2.45) is 0 Å². The molecule has 18 heavy (non-hydrogen) atoms. The van der Waals surface area contributed by atoms with Crippen molar-refractivity contribution in [2.45, 2.75) is 19.4 Å². The van der Waals surface area contributed by atoms with Crippen LogP contribution in [0.3, 0.4) is 0 Å². The third-order valence-electron chi connectivity index (χ3n) is 3.12. The molecule has 1 aromatic carbocycles. The van der Waals surface area contributed by atoms with E-state index < -0.39 is 0 Å². The molecule has 0 saturated carbocycles. The number of anilines is 1. The molecular formula is C14H21FN2O. The molecule has 0 aliphatic carbocycles. The van der Waals surface area contributed by atoms with Crippen LogP contribution in [0.5, 0.6) is 0 Å². The highest BCUT2D eigenvalue weighted by atomic mass is 19.1. The standard InChI is InChI=1S/C14H21FN2O/c1-14(2)11-17(9-10-18-14)8-7-16-13-6-4-3-5-12(13)15/h3-6,16H,7-11H2,1-2H3. The first-order valence-corrected chi connectivity index (χ1v) is 6.41. The van der Waals surface area contributed by atoms with Gasteiger partial charge in [-0.3, -0.25) is 4.90 Å². The lowest BCUT2D eigenvalue weighted by molar-refractivity contribution is -0.0848. The van der Waals surface area contributed by atoms with E-state index in [9.17, 15) is 4.39 Å². The average molecular weight is 252 g/mol. The number of para-hydroxylation sites is 1. The topological polar surface area (TPSA) is 24.5 Å². The highest BCUT2D eigenvalue weighted by molar-refractivity contribution is 5.44. The van der Waals surface area contributed by atoms with Gasteiger partial charge in [0.2, 0.25) is 0 Å². The predicted octanol–water partition coefficient (Wildman–Crippen LogP) is 2.35. The molecular weight excluding hydrogens is 231 g/mol. The maximum absolute atomic E-state index is 13.4. The molecule has 3 nitrogen and oxygen atoms in total. The lowest BCUT2D eigenvalue weighted by Crippen LogP contribution is -2.49. The zero-order chi connectivity index (χ0) is 13.0. The number of morpholine rings is 1. The fourth-order valence-electron chi connectivity index (χ4n) is 2.26. The number of nitrogens with one attached hydrogen (secondary N) is 1. The van der Waals surface area contributed by atoms with Crippen LogP contribution >= 0.6 is 0 Å². The second-order valence-corrected chi connectivity index (χ2v) is 5.29. The Hall–Kier alpha value is -1.13. The molecule has 0 amide bonds. The van der Waals surface area contributed by atoms with Crippen LogP contribution in [0.15, 0.2) is 24.3 Å². The Kier molecular flexibility index (Phi) is 4.19. The first-order chi connectivity index (χ1) is 8.57. The van der Waals surface area contributed by atoms with Gasteiger partial charge in [0.05, 0.1) is 17.9 Å². The summed E-state index contributed by atoms with van der Waals surface area (Å²) in [6.45, 7) is 8.49. The number of halogens is 1. The van der Waals surface area contributed by atoms with Crippen molar-refractivity contribution in [3.8, 4) is 0 Å². The number of nitrogens with zero attached hydrogens (tertiary/aromatic N) is 1. The first kappa shape index (κ1) is 13.3. The van der Waals surface area contributed by atoms with Crippen molar-refractivity contribution < 1.29 is 9.13 Å². The van der Waals surface area contributed by atoms with Crippen molar-refractivity contribution in [3.05, 3.63) is 30.1 Å². The Labute approximate surface area is 108 Å². The third-order valence-corrected chi connectivity index (χ3v) is 3.12. The molecule has 1 N–H and O–H groups in total. The number of hydrogen-bond donors (Lipinski definition) is 1. The van der Waals surface area contributed by atoms with Gasteiger partial charge in [-0.2, -0.15) is 0 Å². The van der Waals surface area contributed by atoms with Crippen molar-refractivity contribution in [1.29, 1.82) is 0 Å². The minimum Gasteiger partial charge on any atom is -0.381 e. The van der Waals surface area contributed by atoms with Crippen LogP contribution in [-0.2, 0) is 4.74 Å². The summed E-state index contributed by atoms with van der Waals surface area (Å²) in [6, 6.07) is 6.77. The van der Waals surface area contributed by atoms with Gasteiger partial charge in [0.1, 0.15) is 5.82 Å². The van der Waals surface area contributed by atoms with Gasteiger partial charge < -0.3 is 10.1 Å². The molecule has 0 radical (unpaired) electrons. The SMILES string of the molecule is CC1(C)CN(CCNc2ccccc2F)CCO1. The summed E-state index contributed by atoms with van der Waals surface area (Å²) in [5.41, 5.74) is 0.501. The van der Waals surface area contributed by atoms with E-state index in [0.717, 1.165) is 32.8 Å². The van der Waals surface area contributed by atoms with E-state index in [-0.39, 0.29) is 11.4 Å². The summed E-state index contributed by atoms with van der Waals surface area (Å²) in [5, 5.41) is 3.13. The Bertz CT molecular complexity index is 395. The summed E-state index contributed by atoms with van der Waals surface area (Å²) < 4.78 is 19.0. The van der Waals surface area contributed by atoms with E-state index >= 15 is 0 Å². The number of rotatable bonds is 4. The van der Waals surface area contributed by atoms with Gasteiger partial charge in [0.25, 0.3) is 0 Å². The molecule has 1 aliphatic heterocycles. The fourth-order valence-corrected chi connectivity index (χ4v) is 2.26. The fraction of sp³-hybridized carbons (Fsp3) is 0.571. The molecule has 0 spiro atoms. The van der Waals surface area contributed by atoms with E-state index in [1.54, 1.807) is 12.1 Å². The smallest absolute Gasteiger partial charge is 0.146 e. The molecule has 1 aromatic rings. The molecule has 100 valence electrons. The van der Waals surface area contributed by atoms with Crippen molar-refractivity contribution >= 4 is 5.69 Å². The van der Waals surface area contributed by atoms with E-state index in [0.29, 0.717) is 5.69 Å². The van der Waals surface area contributed by atoms with Crippen molar-refractivity contribution in [2.75, 3.05) is 38.1 Å². The average Bonchev–Trinajstić information content (AvgIpc) is 2.30. The second-order valence-electron chi connectivity index (χ2n) is 5.29. The Morgan fingerprint density at radius 1 is 1.39 bits per heavy atom. The summed E-state index contributed by atoms with van der Waals surface area (Å²) in [4.78, 5) is 2.34. The molecule has 0 bridgehead atoms. The van der Waals surface area contributed by atoms with Crippen LogP contribution < -0.4 is 5.32 Å². The summed E-state index contributed by atoms with van der Waals surface area (Å²) in [5.74, 6) is -0.195. The molecule has 1 heterocycles. The predicted molar refractivity (Wildman–Crippen MR) is 71.4 cm³/mol. The normalized spacial score (nSPS) is 19.7. The number of benzene rings is 1. The van der Waals surface area contributed by atoms with E-state index in [1.807, 2.05) is 6.07 Å². The van der Waals surface area contributed by atoms with Gasteiger partial charge >= 0.3 is 0 Å². The molecule has 0 aromatic heterocycles. The zero-order valence-corrected chi connectivity index (χ0v) is 11.1. The lowest BCUT2D eigenvalue weighted by Gasteiger charge is -2.38. The molecule has 1 fully saturated rings. The summed E-state index contributed by atoms with van der Waals surface area (Å²) in [6.07, 6.45) is 0. The van der Waals surface area contributed by atoms with Crippen molar-refractivity contribution in [1.82, 2.24) is 4.90 Å². The Morgan fingerprint density at radius 2 is 2.17 bits per heavy atom. The minimum absolute atomic E-state index is 0.0732. The molecule has 2 rings (SSSR count). The molecule has 1 aliphatic rings.